The highest BCUT2D eigenvalue weighted by Gasteiger charge is 2.39. The lowest BCUT2D eigenvalue weighted by Crippen LogP contribution is -2.30. The smallest absolute Gasteiger partial charge is 0.423 e. The molecule has 0 amide bonds. The van der Waals surface area contributed by atoms with Crippen molar-refractivity contribution in [3.05, 3.63) is 29.8 Å². The van der Waals surface area contributed by atoms with Crippen LogP contribution in [0.25, 0.3) is 0 Å². The molecule has 18 heavy (non-hydrogen) atoms. The standard InChI is InChI=1S/C10H8BF3O4/c12-10(13,14)9(16)5-8(15)6-1-3-7(4-2-6)11(17)18/h1-4,17-18H,5H2. The van der Waals surface area contributed by atoms with Gasteiger partial charge in [-0.15, -0.1) is 0 Å². The van der Waals surface area contributed by atoms with Gasteiger partial charge in [0.05, 0.1) is 6.42 Å². The van der Waals surface area contributed by atoms with E-state index in [1.54, 1.807) is 0 Å². The number of benzene rings is 1. The average Bonchev–Trinajstić information content (AvgIpc) is 2.27. The molecule has 0 saturated heterocycles. The maximum atomic E-state index is 11.9. The van der Waals surface area contributed by atoms with Crippen LogP contribution in [0.3, 0.4) is 0 Å². The topological polar surface area (TPSA) is 74.6 Å². The molecular formula is C10H8BF3O4. The molecule has 8 heteroatoms. The molecule has 2 N–H and O–H groups in total. The summed E-state index contributed by atoms with van der Waals surface area (Å²) in [5.41, 5.74) is -0.00861. The zero-order chi connectivity index (χ0) is 13.9. The zero-order valence-corrected chi connectivity index (χ0v) is 8.94. The third-order valence-corrected chi connectivity index (χ3v) is 2.17. The normalized spacial score (nSPS) is 11.2. The molecule has 0 bridgehead atoms. The molecule has 0 unspecified atom stereocenters. The molecule has 0 fully saturated rings. The Balaban J connectivity index is 2.77. The molecule has 0 spiro atoms. The first kappa shape index (κ1) is 14.4. The van der Waals surface area contributed by atoms with Gasteiger partial charge < -0.3 is 10.0 Å². The van der Waals surface area contributed by atoms with Crippen molar-refractivity contribution in [2.45, 2.75) is 12.6 Å². The number of hydrogen-bond acceptors (Lipinski definition) is 4. The maximum Gasteiger partial charge on any atom is 0.488 e. The summed E-state index contributed by atoms with van der Waals surface area (Å²) in [7, 11) is -1.73. The van der Waals surface area contributed by atoms with Gasteiger partial charge in [0.2, 0.25) is 5.78 Å². The fraction of sp³-hybridized carbons (Fsp3) is 0.200. The van der Waals surface area contributed by atoms with Crippen molar-refractivity contribution in [3.63, 3.8) is 0 Å². The van der Waals surface area contributed by atoms with Crippen molar-refractivity contribution in [1.82, 2.24) is 0 Å². The Morgan fingerprint density at radius 2 is 1.61 bits per heavy atom. The number of rotatable bonds is 4. The van der Waals surface area contributed by atoms with Crippen LogP contribution >= 0.6 is 0 Å². The Kier molecular flexibility index (Phi) is 4.26. The molecule has 0 heterocycles. The summed E-state index contributed by atoms with van der Waals surface area (Å²) in [4.78, 5) is 21.9. The van der Waals surface area contributed by atoms with E-state index in [1.165, 1.54) is 12.1 Å². The van der Waals surface area contributed by atoms with Crippen LogP contribution in [-0.2, 0) is 4.79 Å². The number of alkyl halides is 3. The summed E-state index contributed by atoms with van der Waals surface area (Å²) in [6.07, 6.45) is -6.29. The van der Waals surface area contributed by atoms with Crippen molar-refractivity contribution < 1.29 is 32.8 Å². The van der Waals surface area contributed by atoms with Crippen LogP contribution in [-0.4, -0.2) is 34.9 Å². The summed E-state index contributed by atoms with van der Waals surface area (Å²) in [6, 6.07) is 4.60. The van der Waals surface area contributed by atoms with E-state index in [1.807, 2.05) is 0 Å². The molecule has 1 aromatic rings. The molecule has 4 nitrogen and oxygen atoms in total. The number of Topliss-reactive ketones (excluding diaryl/α,β-unsaturated/α-hetero) is 2. The summed E-state index contributed by atoms with van der Waals surface area (Å²) < 4.78 is 35.8. The van der Waals surface area contributed by atoms with E-state index in [-0.39, 0.29) is 11.0 Å². The lowest BCUT2D eigenvalue weighted by Gasteiger charge is -2.05. The first-order valence-corrected chi connectivity index (χ1v) is 4.81. The van der Waals surface area contributed by atoms with Crippen LogP contribution in [0.1, 0.15) is 16.8 Å². The van der Waals surface area contributed by atoms with E-state index >= 15 is 0 Å². The molecule has 96 valence electrons. The fourth-order valence-corrected chi connectivity index (χ4v) is 1.19. The van der Waals surface area contributed by atoms with E-state index < -0.39 is 31.3 Å². The Bertz CT molecular complexity index is 453. The van der Waals surface area contributed by atoms with Gasteiger partial charge in [-0.2, -0.15) is 13.2 Å². The van der Waals surface area contributed by atoms with E-state index in [0.717, 1.165) is 12.1 Å². The number of carbonyl (C=O) groups excluding carboxylic acids is 2. The summed E-state index contributed by atoms with van der Waals surface area (Å²) >= 11 is 0. The summed E-state index contributed by atoms with van der Waals surface area (Å²) in [6.45, 7) is 0. The molecule has 0 aliphatic heterocycles. The molecule has 0 radical (unpaired) electrons. The van der Waals surface area contributed by atoms with Crippen LogP contribution in [0, 0.1) is 0 Å². The van der Waals surface area contributed by atoms with Crippen LogP contribution in [0.2, 0.25) is 0 Å². The highest BCUT2D eigenvalue weighted by atomic mass is 19.4. The Hall–Kier alpha value is -1.67. The van der Waals surface area contributed by atoms with Gasteiger partial charge in [-0.1, -0.05) is 24.3 Å². The molecule has 0 atom stereocenters. The first-order chi connectivity index (χ1) is 8.21. The SMILES string of the molecule is O=C(CC(=O)C(F)(F)F)c1ccc(B(O)O)cc1. The number of hydrogen-bond donors (Lipinski definition) is 2. The maximum absolute atomic E-state index is 11.9. The molecule has 1 rings (SSSR count). The highest BCUT2D eigenvalue weighted by Crippen LogP contribution is 2.19. The number of ketones is 2. The van der Waals surface area contributed by atoms with Gasteiger partial charge in [-0.3, -0.25) is 9.59 Å². The largest absolute Gasteiger partial charge is 0.488 e. The zero-order valence-electron chi connectivity index (χ0n) is 8.94. The second-order valence-electron chi connectivity index (χ2n) is 3.52. The quantitative estimate of drug-likeness (QED) is 0.456. The van der Waals surface area contributed by atoms with Crippen LogP contribution in [0.15, 0.2) is 24.3 Å². The van der Waals surface area contributed by atoms with Crippen molar-refractivity contribution in [2.24, 2.45) is 0 Å². The lowest BCUT2D eigenvalue weighted by molar-refractivity contribution is -0.170. The van der Waals surface area contributed by atoms with Gasteiger partial charge in [0.15, 0.2) is 5.78 Å². The molecule has 1 aromatic carbocycles. The van der Waals surface area contributed by atoms with Crippen molar-refractivity contribution in [2.75, 3.05) is 0 Å². The number of halogens is 3. The number of carbonyl (C=O) groups is 2. The minimum Gasteiger partial charge on any atom is -0.423 e. The Labute approximate surface area is 100 Å². The molecule has 0 aliphatic rings. The van der Waals surface area contributed by atoms with Crippen LogP contribution in [0.5, 0.6) is 0 Å². The summed E-state index contributed by atoms with van der Waals surface area (Å²) in [5.74, 6) is -3.09. The predicted molar refractivity (Wildman–Crippen MR) is 56.3 cm³/mol. The van der Waals surface area contributed by atoms with Crippen molar-refractivity contribution in [3.8, 4) is 0 Å². The molecule has 0 saturated carbocycles. The van der Waals surface area contributed by atoms with Gasteiger partial charge in [0.1, 0.15) is 0 Å². The van der Waals surface area contributed by atoms with Gasteiger partial charge in [0, 0.05) is 5.56 Å². The predicted octanol–water partition coefficient (Wildman–Crippen LogP) is 0.0706. The molecule has 0 aliphatic carbocycles. The van der Waals surface area contributed by atoms with Crippen LogP contribution < -0.4 is 5.46 Å². The Morgan fingerprint density at radius 1 is 1.11 bits per heavy atom. The average molecular weight is 260 g/mol. The molecule has 0 aromatic heterocycles. The summed E-state index contributed by atoms with van der Waals surface area (Å²) in [5, 5.41) is 17.5. The second kappa shape index (κ2) is 5.32. The van der Waals surface area contributed by atoms with Crippen molar-refractivity contribution in [1.29, 1.82) is 0 Å². The van der Waals surface area contributed by atoms with E-state index in [0.29, 0.717) is 0 Å². The second-order valence-corrected chi connectivity index (χ2v) is 3.52. The van der Waals surface area contributed by atoms with Crippen LogP contribution in [0.4, 0.5) is 13.2 Å². The van der Waals surface area contributed by atoms with E-state index in [4.69, 9.17) is 10.0 Å². The monoisotopic (exact) mass is 260 g/mol. The minimum absolute atomic E-state index is 0.0914. The van der Waals surface area contributed by atoms with Gasteiger partial charge in [-0.25, -0.2) is 0 Å². The van der Waals surface area contributed by atoms with E-state index in [2.05, 4.69) is 0 Å². The Morgan fingerprint density at radius 3 is 2.00 bits per heavy atom. The highest BCUT2D eigenvalue weighted by molar-refractivity contribution is 6.58. The van der Waals surface area contributed by atoms with Gasteiger partial charge >= 0.3 is 13.3 Å². The lowest BCUT2D eigenvalue weighted by atomic mass is 9.80. The fourth-order valence-electron chi connectivity index (χ4n) is 1.19. The van der Waals surface area contributed by atoms with Gasteiger partial charge in [0.25, 0.3) is 0 Å². The molecular weight excluding hydrogens is 252 g/mol. The van der Waals surface area contributed by atoms with Gasteiger partial charge in [-0.05, 0) is 5.46 Å². The van der Waals surface area contributed by atoms with E-state index in [9.17, 15) is 22.8 Å². The van der Waals surface area contributed by atoms with Crippen molar-refractivity contribution >= 4 is 24.1 Å². The third kappa shape index (κ3) is 3.68. The third-order valence-electron chi connectivity index (χ3n) is 2.17. The minimum atomic E-state index is -5.03. The first-order valence-electron chi connectivity index (χ1n) is 4.81.